The second-order valence-corrected chi connectivity index (χ2v) is 9.80. The predicted molar refractivity (Wildman–Crippen MR) is 73.9 cm³/mol. The Morgan fingerprint density at radius 2 is 1.81 bits per heavy atom. The van der Waals surface area contributed by atoms with E-state index in [-0.39, 0.29) is 0 Å². The summed E-state index contributed by atoms with van der Waals surface area (Å²) >= 11 is 13.1. The largest absolute Gasteiger partial charge is 0.385 e. The molecule has 0 saturated carbocycles. The molecule has 0 amide bonds. The molecule has 0 saturated heterocycles. The van der Waals surface area contributed by atoms with Crippen LogP contribution in [0, 0.1) is 0 Å². The molecule has 0 aliphatic heterocycles. The van der Waals surface area contributed by atoms with Gasteiger partial charge >= 0.3 is 0 Å². The average molecular weight is 395 g/mol. The van der Waals surface area contributed by atoms with E-state index in [1.165, 1.54) is 34.7 Å². The SMILES string of the molecule is CS(=O)(=O)C(Cl)(I)C(O)c1ccc(Cl)cc1. The smallest absolute Gasteiger partial charge is 0.224 e. The van der Waals surface area contributed by atoms with E-state index in [9.17, 15) is 13.5 Å². The standard InChI is InChI=1S/C9H9Cl2IO3S/c1-16(14,15)9(11,12)8(13)6-2-4-7(10)5-3-6/h2-5,8,13H,1H3. The van der Waals surface area contributed by atoms with Gasteiger partial charge in [0.2, 0.25) is 2.21 Å². The molecule has 1 aromatic carbocycles. The summed E-state index contributed by atoms with van der Waals surface area (Å²) in [5.41, 5.74) is 0.402. The van der Waals surface area contributed by atoms with E-state index < -0.39 is 18.2 Å². The van der Waals surface area contributed by atoms with E-state index in [4.69, 9.17) is 23.2 Å². The number of hydrogen-bond acceptors (Lipinski definition) is 3. The first-order chi connectivity index (χ1) is 7.16. The third-order valence-electron chi connectivity index (χ3n) is 2.00. The zero-order chi connectivity index (χ0) is 12.6. The van der Waals surface area contributed by atoms with Crippen molar-refractivity contribution >= 4 is 55.6 Å². The maximum atomic E-state index is 11.4. The highest BCUT2D eigenvalue weighted by Crippen LogP contribution is 2.42. The Morgan fingerprint density at radius 1 is 1.38 bits per heavy atom. The monoisotopic (exact) mass is 394 g/mol. The zero-order valence-electron chi connectivity index (χ0n) is 8.19. The number of hydrogen-bond donors (Lipinski definition) is 1. The summed E-state index contributed by atoms with van der Waals surface area (Å²) in [5.74, 6) is 0. The number of alkyl halides is 2. The van der Waals surface area contributed by atoms with Crippen molar-refractivity contribution < 1.29 is 13.5 Å². The summed E-state index contributed by atoms with van der Waals surface area (Å²) in [6.07, 6.45) is -0.340. The molecule has 3 nitrogen and oxygen atoms in total. The first-order valence-electron chi connectivity index (χ1n) is 4.17. The molecule has 0 radical (unpaired) electrons. The van der Waals surface area contributed by atoms with Gasteiger partial charge in [0.25, 0.3) is 0 Å². The van der Waals surface area contributed by atoms with Crippen LogP contribution in [0.15, 0.2) is 24.3 Å². The maximum Gasteiger partial charge on any atom is 0.224 e. The molecule has 0 spiro atoms. The molecule has 16 heavy (non-hydrogen) atoms. The lowest BCUT2D eigenvalue weighted by Crippen LogP contribution is -2.31. The summed E-state index contributed by atoms with van der Waals surface area (Å²) < 4.78 is 21.0. The molecule has 0 aliphatic carbocycles. The quantitative estimate of drug-likeness (QED) is 0.633. The zero-order valence-corrected chi connectivity index (χ0v) is 12.7. The van der Waals surface area contributed by atoms with Crippen LogP contribution in [-0.2, 0) is 9.84 Å². The van der Waals surface area contributed by atoms with E-state index >= 15 is 0 Å². The molecule has 1 N–H and O–H groups in total. The van der Waals surface area contributed by atoms with E-state index in [1.54, 1.807) is 12.1 Å². The van der Waals surface area contributed by atoms with Crippen molar-refractivity contribution in [2.75, 3.05) is 6.26 Å². The fourth-order valence-corrected chi connectivity index (χ4v) is 2.20. The Kier molecular flexibility index (Phi) is 4.51. The van der Waals surface area contributed by atoms with Crippen LogP contribution in [-0.4, -0.2) is 22.0 Å². The molecular weight excluding hydrogens is 386 g/mol. The van der Waals surface area contributed by atoms with Crippen LogP contribution < -0.4 is 0 Å². The highest BCUT2D eigenvalue weighted by atomic mass is 127. The molecule has 2 unspecified atom stereocenters. The second-order valence-electron chi connectivity index (χ2n) is 3.29. The fourth-order valence-electron chi connectivity index (χ4n) is 1.04. The highest BCUT2D eigenvalue weighted by Gasteiger charge is 2.43. The van der Waals surface area contributed by atoms with E-state index in [2.05, 4.69) is 0 Å². The molecule has 0 fully saturated rings. The average Bonchev–Trinajstić information content (AvgIpc) is 2.16. The van der Waals surface area contributed by atoms with Gasteiger partial charge in [0.15, 0.2) is 9.84 Å². The Morgan fingerprint density at radius 3 is 2.19 bits per heavy atom. The minimum absolute atomic E-state index is 0.402. The van der Waals surface area contributed by atoms with Crippen molar-refractivity contribution in [3.8, 4) is 0 Å². The minimum Gasteiger partial charge on any atom is -0.385 e. The lowest BCUT2D eigenvalue weighted by Gasteiger charge is -2.24. The molecule has 0 heterocycles. The maximum absolute atomic E-state index is 11.4. The molecule has 0 aliphatic rings. The van der Waals surface area contributed by atoms with Crippen molar-refractivity contribution in [2.45, 2.75) is 8.32 Å². The number of aliphatic hydroxyl groups excluding tert-OH is 1. The van der Waals surface area contributed by atoms with Crippen molar-refractivity contribution in [2.24, 2.45) is 0 Å². The van der Waals surface area contributed by atoms with Crippen molar-refractivity contribution in [1.29, 1.82) is 0 Å². The third-order valence-corrected chi connectivity index (χ3v) is 7.50. The van der Waals surface area contributed by atoms with E-state index in [0.29, 0.717) is 10.6 Å². The minimum atomic E-state index is -3.59. The normalized spacial score (nSPS) is 17.8. The van der Waals surface area contributed by atoms with Gasteiger partial charge in [-0.05, 0) is 40.3 Å². The number of aliphatic hydroxyl groups is 1. The lowest BCUT2D eigenvalue weighted by molar-refractivity contribution is 0.188. The third kappa shape index (κ3) is 3.01. The van der Waals surface area contributed by atoms with Crippen LogP contribution in [0.1, 0.15) is 11.7 Å². The van der Waals surface area contributed by atoms with Crippen LogP contribution in [0.5, 0.6) is 0 Å². The van der Waals surface area contributed by atoms with Gasteiger partial charge < -0.3 is 5.11 Å². The molecule has 0 bridgehead atoms. The predicted octanol–water partition coefficient (Wildman–Crippen LogP) is 2.75. The van der Waals surface area contributed by atoms with Crippen LogP contribution in [0.3, 0.4) is 0 Å². The van der Waals surface area contributed by atoms with Gasteiger partial charge in [0, 0.05) is 11.3 Å². The molecule has 90 valence electrons. The Hall–Kier alpha value is 0.440. The highest BCUT2D eigenvalue weighted by molar-refractivity contribution is 14.1. The van der Waals surface area contributed by atoms with Crippen LogP contribution in [0.4, 0.5) is 0 Å². The Bertz CT molecular complexity index is 470. The van der Waals surface area contributed by atoms with Crippen LogP contribution in [0.2, 0.25) is 5.02 Å². The van der Waals surface area contributed by atoms with E-state index in [1.807, 2.05) is 0 Å². The van der Waals surface area contributed by atoms with Crippen LogP contribution in [0.25, 0.3) is 0 Å². The Balaban J connectivity index is 3.12. The van der Waals surface area contributed by atoms with Gasteiger partial charge in [-0.15, -0.1) is 0 Å². The summed E-state index contributed by atoms with van der Waals surface area (Å²) in [4.78, 5) is 0. The summed E-state index contributed by atoms with van der Waals surface area (Å²) in [5, 5.41) is 10.4. The number of benzene rings is 1. The van der Waals surface area contributed by atoms with Gasteiger partial charge in [-0.3, -0.25) is 0 Å². The van der Waals surface area contributed by atoms with Crippen molar-refractivity contribution in [3.63, 3.8) is 0 Å². The molecule has 0 aromatic heterocycles. The van der Waals surface area contributed by atoms with Gasteiger partial charge in [0.1, 0.15) is 6.10 Å². The molecule has 2 atom stereocenters. The fraction of sp³-hybridized carbons (Fsp3) is 0.333. The number of sulfone groups is 1. The first kappa shape index (κ1) is 14.5. The topological polar surface area (TPSA) is 54.4 Å². The van der Waals surface area contributed by atoms with Crippen molar-refractivity contribution in [3.05, 3.63) is 34.9 Å². The molecular formula is C9H9Cl2IO3S. The van der Waals surface area contributed by atoms with Gasteiger partial charge in [0.05, 0.1) is 0 Å². The van der Waals surface area contributed by atoms with E-state index in [0.717, 1.165) is 6.26 Å². The van der Waals surface area contributed by atoms with Crippen LogP contribution >= 0.6 is 45.8 Å². The second kappa shape index (κ2) is 4.97. The van der Waals surface area contributed by atoms with Gasteiger partial charge in [-0.1, -0.05) is 35.3 Å². The summed E-state index contributed by atoms with van der Waals surface area (Å²) in [6.45, 7) is 0. The van der Waals surface area contributed by atoms with Gasteiger partial charge in [-0.2, -0.15) is 0 Å². The number of halogens is 3. The summed E-state index contributed by atoms with van der Waals surface area (Å²) in [6, 6.07) is 6.19. The molecule has 1 rings (SSSR count). The summed E-state index contributed by atoms with van der Waals surface area (Å²) in [7, 11) is -3.59. The Labute approximate surface area is 118 Å². The van der Waals surface area contributed by atoms with Gasteiger partial charge in [-0.25, -0.2) is 8.42 Å². The lowest BCUT2D eigenvalue weighted by atomic mass is 10.1. The first-order valence-corrected chi connectivity index (χ1v) is 7.90. The molecule has 1 aromatic rings. The number of rotatable bonds is 3. The van der Waals surface area contributed by atoms with Crippen molar-refractivity contribution in [1.82, 2.24) is 0 Å². The molecule has 7 heteroatoms.